The number of benzene rings is 2. The van der Waals surface area contributed by atoms with Gasteiger partial charge in [0.2, 0.25) is 0 Å². The summed E-state index contributed by atoms with van der Waals surface area (Å²) in [5.41, 5.74) is 4.68. The number of aryl methyl sites for hydroxylation is 1. The normalized spacial score (nSPS) is 22.6. The molecule has 0 heterocycles. The average Bonchev–Trinajstić information content (AvgIpc) is 3.12. The zero-order valence-electron chi connectivity index (χ0n) is 38.5. The standard InChI is InChI=1S/C35H52ClNO4.88H2/c1-20(2)25(7)41-32(38)26(8)40-31-22(4)18-27-16-17-35(12,33(9,10)30(27)24(31)6)37(13)19-34(11,39)29-21(3)14-15-28(36)23(29)5;;;;;;;;;;;;;;;;;;;;;;;;;;;;;;;;;;;;;;;;;;;;;;;;;;;;;;;;;;;;;;;;;;;;;;;;;;;;;;;;;;;;;;;;/h14-15,18,20,25-26,39H,16-17,19H2,1-13H3;88*1H/t25?,26?,34-,35-;;;;;;;;;;;;;;;;;;;;;;;;;;;;;;;;;;;;;;;;;;;;;;;;;;;;;;;;;;;;;;;;;;;;;;;;;;;;;;;;;;;;;;;;/m0......................................................................................../s1/i18D;5*1+1D;;;;;;;;;;;;;;;;;;;;;;;;;;;;;;;;;;;;;;;;;;;;;;;;;;;;;;;;;;;;;;;;;;;;;;;;;;;;;;;;;;;. The van der Waals surface area contributed by atoms with Crippen LogP contribution < -0.4 is 4.74 Å². The highest BCUT2D eigenvalue weighted by molar-refractivity contribution is 6.31. The summed E-state index contributed by atoms with van der Waals surface area (Å²) in [4.78, 5) is 15.1. The molecular formula is C35H228ClNO4. The van der Waals surface area contributed by atoms with Gasteiger partial charge in [-0.2, -0.15) is 0 Å². The van der Waals surface area contributed by atoms with Crippen molar-refractivity contribution in [3.8, 4) is 5.75 Å². The second-order valence-electron chi connectivity index (χ2n) is 13.6. The van der Waals surface area contributed by atoms with E-state index in [4.69, 9.17) is 37.3 Å². The molecule has 0 amide bonds. The molecule has 6 heteroatoms. The minimum atomic E-state index is -1.13. The van der Waals surface area contributed by atoms with Crippen molar-refractivity contribution in [3.05, 3.63) is 62.1 Å². The van der Waals surface area contributed by atoms with Gasteiger partial charge in [-0.25, -0.2) is 4.79 Å². The van der Waals surface area contributed by atoms with Crippen LogP contribution in [0.4, 0.5) is 0 Å². The molecule has 3 rings (SSSR count). The summed E-state index contributed by atoms with van der Waals surface area (Å²) in [6.45, 7) is 24.5. The lowest BCUT2D eigenvalue weighted by molar-refractivity contribution is -0.157. The fourth-order valence-electron chi connectivity index (χ4n) is 6.80. The maximum atomic E-state index is 12.9. The Hall–Kier alpha value is -2.08. The number of β-amino-alcohol motifs (C(OH)–C–C–N with tert-alkyl or cyclic N) is 1. The summed E-state index contributed by atoms with van der Waals surface area (Å²) in [7, 11) is 2.08. The summed E-state index contributed by atoms with van der Waals surface area (Å²) in [5, 5.41) is 12.5. The summed E-state index contributed by atoms with van der Waals surface area (Å²) >= 11 is 6.48. The number of aliphatic hydroxyl groups is 1. The monoisotopic (exact) mass is 774 g/mol. The molecule has 0 radical (unpaired) electrons. The molecule has 41 heavy (non-hydrogen) atoms. The van der Waals surface area contributed by atoms with Gasteiger partial charge in [-0.05, 0) is 126 Å². The van der Waals surface area contributed by atoms with Gasteiger partial charge >= 0.3 is 5.97 Å². The smallest absolute Gasteiger partial charge is 0.347 e. The molecule has 2 aromatic carbocycles. The van der Waals surface area contributed by atoms with Crippen LogP contribution >= 0.6 is 11.6 Å². The van der Waals surface area contributed by atoms with Crippen molar-refractivity contribution < 1.29 is 154 Å². The number of likely N-dealkylation sites (N-methyl/N-ethyl adjacent to an activating group) is 1. The quantitative estimate of drug-likeness (QED) is 0.257. The first-order valence-corrected chi connectivity index (χ1v) is 15.3. The van der Waals surface area contributed by atoms with Gasteiger partial charge in [-0.15, -0.1) is 0 Å². The van der Waals surface area contributed by atoms with E-state index in [1.807, 2.05) is 67.5 Å². The van der Waals surface area contributed by atoms with E-state index in [0.717, 1.165) is 51.8 Å². The molecule has 0 bridgehead atoms. The Bertz CT molecular complexity index is 1460. The highest BCUT2D eigenvalue weighted by Crippen LogP contribution is 2.51. The van der Waals surface area contributed by atoms with E-state index in [1.165, 1.54) is 0 Å². The minimum absolute atomic E-state index is 0. The van der Waals surface area contributed by atoms with Gasteiger partial charge in [0.15, 0.2) is 6.10 Å². The average molecular weight is 775 g/mol. The van der Waals surface area contributed by atoms with Crippen LogP contribution in [0, 0.1) is 33.6 Å². The van der Waals surface area contributed by atoms with E-state index < -0.39 is 23.1 Å². The number of nitrogens with zero attached hydrogens (tertiary/aromatic N) is 1. The number of hydrogen-bond donors (Lipinski definition) is 1. The molecule has 1 aliphatic rings. The van der Waals surface area contributed by atoms with E-state index in [9.17, 15) is 9.90 Å². The Morgan fingerprint density at radius 3 is 2.39 bits per heavy atom. The molecule has 1 aliphatic carbocycles. The molecule has 4 atom stereocenters. The minimum Gasteiger partial charge on any atom is -0.478 e. The highest BCUT2D eigenvalue weighted by Gasteiger charge is 2.51. The van der Waals surface area contributed by atoms with Crippen LogP contribution in [-0.4, -0.2) is 47.3 Å². The third-order valence-electron chi connectivity index (χ3n) is 9.93. The van der Waals surface area contributed by atoms with Crippen LogP contribution in [0.2, 0.25) is 5.02 Å². The number of hydrogen-bond acceptors (Lipinski definition) is 5. The molecule has 0 aromatic heterocycles. The molecule has 2 unspecified atom stereocenters. The fraction of sp³-hybridized carbons (Fsp3) is 0.629. The van der Waals surface area contributed by atoms with Gasteiger partial charge < -0.3 is 14.6 Å². The molecule has 0 fully saturated rings. The predicted octanol–water partition coefficient (Wildman–Crippen LogP) is 29.4. The first-order valence-electron chi connectivity index (χ1n) is 20.4. The Balaban J connectivity index is -0.00000000298. The molecule has 0 spiro atoms. The van der Waals surface area contributed by atoms with E-state index in [-0.39, 0.29) is 136 Å². The molecule has 0 saturated heterocycles. The zero-order valence-corrected chi connectivity index (χ0v) is 28.3. The second-order valence-corrected chi connectivity index (χ2v) is 14.0. The number of fused-ring (bicyclic) bond motifs is 1. The van der Waals surface area contributed by atoms with Crippen LogP contribution in [0.3, 0.4) is 0 Å². The van der Waals surface area contributed by atoms with Crippen LogP contribution in [0.15, 0.2) is 18.2 Å². The van der Waals surface area contributed by atoms with Crippen LogP contribution in [0.5, 0.6) is 5.75 Å². The number of rotatable bonds is 9. The van der Waals surface area contributed by atoms with Crippen molar-refractivity contribution in [1.82, 2.24) is 4.90 Å². The lowest BCUT2D eigenvalue weighted by Crippen LogP contribution is -2.61. The van der Waals surface area contributed by atoms with Crippen molar-refractivity contribution in [2.75, 3.05) is 13.6 Å². The molecule has 2 aromatic rings. The SMILES string of the molecule is [2H][2H].[2H][2H].[2H][2H].[2H][2H].[2H][2H].[2H]c1c(C)c(OC(C)C(=O)OC(C)C(C)C)c(C)c2c1CC[C@](C)(N(C)C[C@](C)(O)c1c(C)ccc(Cl)c1C)C2(C)C.[HH].[HH].[HH].[HH].[HH].[HH].[HH].[HH].[HH].[HH].[HH].[HH].[HH].[HH].[HH].[HH].[HH].[HH].[HH].[HH].[HH].[HH].[HH].[HH].[HH].[HH].[HH].[HH].[HH].[HH].[HH].[HH].[HH].[HH].[HH].[HH].[HH].[HH].[HH].[HH].[HH].[HH].[HH].[HH].[HH].[HH].[HH].[HH].[HH].[HH].[HH].[HH].[HH].[HH].[HH].[HH].[HH].[HH].[HH].[HH].[HH].[HH].[HH].[HH].[HH].[HH].[HH].[HH].[HH].[HH].[HH].[HH].[HH].[HH].[HH].[HH].[HH].[HH].[HH].[HH].[HH].[HH].[HH]. The van der Waals surface area contributed by atoms with Crippen LogP contribution in [0.25, 0.3) is 0 Å². The van der Waals surface area contributed by atoms with E-state index in [1.54, 1.807) is 6.92 Å². The van der Waals surface area contributed by atoms with E-state index >= 15 is 0 Å². The third-order valence-corrected chi connectivity index (χ3v) is 10.3. The Morgan fingerprint density at radius 1 is 1.20 bits per heavy atom. The second kappa shape index (κ2) is 11.9. The number of esters is 1. The van der Waals surface area contributed by atoms with Gasteiger partial charge in [0, 0.05) is 156 Å². The van der Waals surface area contributed by atoms with Gasteiger partial charge in [0.25, 0.3) is 0 Å². The molecule has 5 nitrogen and oxygen atoms in total. The maximum absolute atomic E-state index is 12.9. The van der Waals surface area contributed by atoms with Gasteiger partial charge in [-0.1, -0.05) is 51.4 Å². The van der Waals surface area contributed by atoms with Gasteiger partial charge in [0.1, 0.15) is 17.5 Å². The number of carbonyl (C=O) groups excluding carboxylic acids is 1. The Morgan fingerprint density at radius 2 is 1.80 bits per heavy atom. The summed E-state index contributed by atoms with van der Waals surface area (Å²) in [6, 6.07) is 4.31. The third kappa shape index (κ3) is 6.19. The van der Waals surface area contributed by atoms with Gasteiger partial charge in [0.05, 0.1) is 1.37 Å². The van der Waals surface area contributed by atoms with Crippen molar-refractivity contribution in [3.63, 3.8) is 0 Å². The van der Waals surface area contributed by atoms with Crippen molar-refractivity contribution >= 4 is 17.6 Å². The fourth-order valence-corrected chi connectivity index (χ4v) is 6.96. The Kier molecular flexibility index (Phi) is 7.38. The zero-order chi connectivity index (χ0) is 42.1. The first-order chi connectivity index (χ1) is 24.2. The Labute approximate surface area is 393 Å². The van der Waals surface area contributed by atoms with Crippen molar-refractivity contribution in [1.29, 1.82) is 0 Å². The summed E-state index contributed by atoms with van der Waals surface area (Å²) in [5.74, 6) is 0.380. The predicted molar refractivity (Wildman–Crippen MR) is 355 cm³/mol. The number of halogens is 1. The van der Waals surface area contributed by atoms with E-state index in [0.29, 0.717) is 23.4 Å². The van der Waals surface area contributed by atoms with Crippen molar-refractivity contribution in [2.24, 2.45) is 5.92 Å². The number of ether oxygens (including phenoxy) is 2. The molecular weight excluding hydrogens is 534 g/mol. The lowest BCUT2D eigenvalue weighted by atomic mass is 9.59. The van der Waals surface area contributed by atoms with Crippen molar-refractivity contribution in [2.45, 2.75) is 125 Å². The largest absolute Gasteiger partial charge is 0.478 e. The van der Waals surface area contributed by atoms with E-state index in [2.05, 4.69) is 32.7 Å². The van der Waals surface area contributed by atoms with Gasteiger partial charge in [-0.3, -0.25) is 4.90 Å². The highest BCUT2D eigenvalue weighted by atomic mass is 35.5. The first kappa shape index (κ1) is 25.4. The summed E-state index contributed by atoms with van der Waals surface area (Å²) < 4.78 is 71.0. The maximum Gasteiger partial charge on any atom is 0.347 e. The van der Waals surface area contributed by atoms with Crippen LogP contribution in [0.1, 0.15) is 235 Å². The molecule has 1 N–H and O–H groups in total. The molecule has 0 saturated carbocycles. The lowest BCUT2D eigenvalue weighted by Gasteiger charge is -2.56. The topological polar surface area (TPSA) is 59.0 Å². The summed E-state index contributed by atoms with van der Waals surface area (Å²) in [6.07, 6.45) is 0.545. The van der Waals surface area contributed by atoms with Crippen LogP contribution in [-0.2, 0) is 27.0 Å². The molecule has 404 valence electrons. The number of carbonyl (C=O) groups is 1. The molecule has 0 aliphatic heterocycles.